The summed E-state index contributed by atoms with van der Waals surface area (Å²) >= 11 is 0. The van der Waals surface area contributed by atoms with Gasteiger partial charge in [-0.25, -0.2) is 0 Å². The van der Waals surface area contributed by atoms with Crippen LogP contribution in [0.5, 0.6) is 11.5 Å². The minimum Gasteiger partial charge on any atom is -0.493 e. The molecule has 1 aromatic carbocycles. The Morgan fingerprint density at radius 2 is 1.77 bits per heavy atom. The van der Waals surface area contributed by atoms with Crippen LogP contribution in [0.2, 0.25) is 0 Å². The molecule has 1 rings (SSSR count). The van der Waals surface area contributed by atoms with Crippen LogP contribution in [0.3, 0.4) is 0 Å². The first kappa shape index (κ1) is 26.7. The van der Waals surface area contributed by atoms with Gasteiger partial charge in [0.2, 0.25) is 0 Å². The highest BCUT2D eigenvalue weighted by Gasteiger charge is 2.24. The molecule has 174 valence electrons. The van der Waals surface area contributed by atoms with Gasteiger partial charge in [0.15, 0.2) is 11.5 Å². The molecule has 0 spiro atoms. The molecule has 0 fully saturated rings. The number of aliphatic hydroxyl groups is 1. The van der Waals surface area contributed by atoms with E-state index in [1.807, 2.05) is 6.07 Å². The molecule has 0 unspecified atom stereocenters. The van der Waals surface area contributed by atoms with Crippen LogP contribution in [-0.4, -0.2) is 69.2 Å². The normalized spacial score (nSPS) is 14.7. The Hall–Kier alpha value is -1.34. The van der Waals surface area contributed by atoms with E-state index in [2.05, 4.69) is 44.7 Å². The molecule has 0 bridgehead atoms. The van der Waals surface area contributed by atoms with E-state index >= 15 is 0 Å². The summed E-state index contributed by atoms with van der Waals surface area (Å²) in [4.78, 5) is 2.21. The third-order valence-corrected chi connectivity index (χ3v) is 5.83. The lowest BCUT2D eigenvalue weighted by molar-refractivity contribution is 0.0839. The molecule has 6 nitrogen and oxygen atoms in total. The van der Waals surface area contributed by atoms with Gasteiger partial charge < -0.3 is 30.0 Å². The molecule has 0 aliphatic heterocycles. The number of ether oxygens (including phenoxy) is 3. The van der Waals surface area contributed by atoms with Crippen molar-refractivity contribution in [3.63, 3.8) is 0 Å². The lowest BCUT2D eigenvalue weighted by Gasteiger charge is -2.30. The van der Waals surface area contributed by atoms with Gasteiger partial charge in [0.25, 0.3) is 0 Å². The van der Waals surface area contributed by atoms with Crippen LogP contribution in [0.1, 0.15) is 46.1 Å². The number of likely N-dealkylation sites (N-methyl/N-ethyl adjacent to an activating group) is 1. The number of nitrogens with two attached hydrogens (primary N) is 1. The van der Waals surface area contributed by atoms with E-state index in [0.717, 1.165) is 43.9 Å². The number of rotatable bonds is 16. The van der Waals surface area contributed by atoms with Crippen LogP contribution in [0, 0.1) is 11.8 Å². The second-order valence-corrected chi connectivity index (χ2v) is 8.34. The molecule has 1 aromatic rings. The Labute approximate surface area is 183 Å². The number of benzene rings is 1. The van der Waals surface area contributed by atoms with Crippen molar-refractivity contribution in [3.05, 3.63) is 23.8 Å². The summed E-state index contributed by atoms with van der Waals surface area (Å²) in [5, 5.41) is 10.6. The average molecular weight is 425 g/mol. The summed E-state index contributed by atoms with van der Waals surface area (Å²) in [6, 6.07) is 5.89. The Balaban J connectivity index is 2.79. The standard InChI is InChI=1S/C24H44N2O4/c1-7-26(8-2)17-22(27)21(25)16-20(18(3)4)14-19-10-11-23(29-6)24(15-19)30-13-9-12-28-5/h10-11,15,18,20-22,27H,7-9,12-14,16-17,25H2,1-6H3/t20-,21-,22-/m0/s1. The molecule has 0 aromatic heterocycles. The minimum atomic E-state index is -0.512. The fraction of sp³-hybridized carbons (Fsp3) is 0.750. The number of methoxy groups -OCH3 is 2. The van der Waals surface area contributed by atoms with Gasteiger partial charge in [-0.2, -0.15) is 0 Å². The number of hydrogen-bond donors (Lipinski definition) is 2. The van der Waals surface area contributed by atoms with Gasteiger partial charge in [0.1, 0.15) is 0 Å². The van der Waals surface area contributed by atoms with Crippen molar-refractivity contribution in [1.82, 2.24) is 4.90 Å². The molecule has 3 atom stereocenters. The van der Waals surface area contributed by atoms with Crippen molar-refractivity contribution in [2.24, 2.45) is 17.6 Å². The molecule has 0 aliphatic rings. The SMILES string of the molecule is CCN(CC)C[C@H](O)[C@@H](N)C[C@H](Cc1ccc(OC)c(OCCCOC)c1)C(C)C. The lowest BCUT2D eigenvalue weighted by atomic mass is 9.83. The van der Waals surface area contributed by atoms with Crippen LogP contribution < -0.4 is 15.2 Å². The van der Waals surface area contributed by atoms with Crippen LogP contribution >= 0.6 is 0 Å². The number of aliphatic hydroxyl groups excluding tert-OH is 1. The Morgan fingerprint density at radius 1 is 1.07 bits per heavy atom. The van der Waals surface area contributed by atoms with E-state index < -0.39 is 6.10 Å². The number of hydrogen-bond acceptors (Lipinski definition) is 6. The molecule has 30 heavy (non-hydrogen) atoms. The van der Waals surface area contributed by atoms with Crippen molar-refractivity contribution in [1.29, 1.82) is 0 Å². The maximum Gasteiger partial charge on any atom is 0.161 e. The fourth-order valence-corrected chi connectivity index (χ4v) is 3.63. The summed E-state index contributed by atoms with van der Waals surface area (Å²) in [7, 11) is 3.35. The molecule has 0 heterocycles. The summed E-state index contributed by atoms with van der Waals surface area (Å²) < 4.78 is 16.5. The summed E-state index contributed by atoms with van der Waals surface area (Å²) in [6.45, 7) is 12.4. The van der Waals surface area contributed by atoms with Gasteiger partial charge in [-0.3, -0.25) is 0 Å². The zero-order chi connectivity index (χ0) is 22.5. The van der Waals surface area contributed by atoms with Crippen LogP contribution in [-0.2, 0) is 11.2 Å². The Bertz CT molecular complexity index is 578. The lowest BCUT2D eigenvalue weighted by Crippen LogP contribution is -2.45. The summed E-state index contributed by atoms with van der Waals surface area (Å²) in [5.41, 5.74) is 7.60. The van der Waals surface area contributed by atoms with Crippen molar-refractivity contribution in [2.75, 3.05) is 47.1 Å². The van der Waals surface area contributed by atoms with Gasteiger partial charge in [-0.05, 0) is 55.5 Å². The predicted molar refractivity (Wildman–Crippen MR) is 123 cm³/mol. The molecule has 0 amide bonds. The highest BCUT2D eigenvalue weighted by atomic mass is 16.5. The van der Waals surface area contributed by atoms with Gasteiger partial charge in [0.05, 0.1) is 19.8 Å². The molecule has 0 saturated heterocycles. The highest BCUT2D eigenvalue weighted by molar-refractivity contribution is 5.43. The van der Waals surface area contributed by atoms with Gasteiger partial charge >= 0.3 is 0 Å². The zero-order valence-electron chi connectivity index (χ0n) is 19.9. The largest absolute Gasteiger partial charge is 0.493 e. The topological polar surface area (TPSA) is 77.2 Å². The van der Waals surface area contributed by atoms with E-state index in [-0.39, 0.29) is 6.04 Å². The summed E-state index contributed by atoms with van der Waals surface area (Å²) in [6.07, 6.45) is 2.00. The van der Waals surface area contributed by atoms with Crippen LogP contribution in [0.15, 0.2) is 18.2 Å². The Morgan fingerprint density at radius 3 is 2.33 bits per heavy atom. The third kappa shape index (κ3) is 9.21. The Kier molecular flexibility index (Phi) is 13.0. The minimum absolute atomic E-state index is 0.235. The molecule has 0 radical (unpaired) electrons. The van der Waals surface area contributed by atoms with Crippen molar-refractivity contribution < 1.29 is 19.3 Å². The first-order valence-electron chi connectivity index (χ1n) is 11.3. The maximum atomic E-state index is 10.6. The molecular weight excluding hydrogens is 380 g/mol. The third-order valence-electron chi connectivity index (χ3n) is 5.83. The smallest absolute Gasteiger partial charge is 0.161 e. The van der Waals surface area contributed by atoms with Gasteiger partial charge in [0, 0.05) is 32.7 Å². The molecule has 3 N–H and O–H groups in total. The average Bonchev–Trinajstić information content (AvgIpc) is 2.74. The first-order chi connectivity index (χ1) is 14.4. The van der Waals surface area contributed by atoms with Crippen molar-refractivity contribution in [3.8, 4) is 11.5 Å². The predicted octanol–water partition coefficient (Wildman–Crippen LogP) is 3.35. The number of nitrogens with zero attached hydrogens (tertiary/aromatic N) is 1. The quantitative estimate of drug-likeness (QED) is 0.396. The molecular formula is C24H44N2O4. The fourth-order valence-electron chi connectivity index (χ4n) is 3.63. The second kappa shape index (κ2) is 14.6. The van der Waals surface area contributed by atoms with E-state index in [4.69, 9.17) is 19.9 Å². The van der Waals surface area contributed by atoms with Crippen LogP contribution in [0.25, 0.3) is 0 Å². The van der Waals surface area contributed by atoms with Crippen molar-refractivity contribution >= 4 is 0 Å². The van der Waals surface area contributed by atoms with E-state index in [0.29, 0.717) is 31.6 Å². The second-order valence-electron chi connectivity index (χ2n) is 8.34. The van der Waals surface area contributed by atoms with Gasteiger partial charge in [-0.15, -0.1) is 0 Å². The van der Waals surface area contributed by atoms with E-state index in [1.54, 1.807) is 14.2 Å². The summed E-state index contributed by atoms with van der Waals surface area (Å²) in [5.74, 6) is 2.34. The van der Waals surface area contributed by atoms with Gasteiger partial charge in [-0.1, -0.05) is 33.8 Å². The maximum absolute atomic E-state index is 10.6. The molecule has 0 saturated carbocycles. The van der Waals surface area contributed by atoms with Crippen molar-refractivity contribution in [2.45, 2.75) is 59.1 Å². The van der Waals surface area contributed by atoms with Crippen LogP contribution in [0.4, 0.5) is 0 Å². The first-order valence-corrected chi connectivity index (χ1v) is 11.3. The zero-order valence-corrected chi connectivity index (χ0v) is 19.9. The highest BCUT2D eigenvalue weighted by Crippen LogP contribution is 2.31. The van der Waals surface area contributed by atoms with E-state index in [9.17, 15) is 5.11 Å². The molecule has 6 heteroatoms. The molecule has 0 aliphatic carbocycles. The van der Waals surface area contributed by atoms with E-state index in [1.165, 1.54) is 5.56 Å². The monoisotopic (exact) mass is 424 g/mol.